The third-order valence-electron chi connectivity index (χ3n) is 8.69. The van der Waals surface area contributed by atoms with Crippen LogP contribution in [0.2, 0.25) is 0 Å². The van der Waals surface area contributed by atoms with Crippen molar-refractivity contribution in [1.82, 2.24) is 0 Å². The first-order valence-corrected chi connectivity index (χ1v) is 23.2. The van der Waals surface area contributed by atoms with Gasteiger partial charge in [-0.05, 0) is 83.5 Å². The Labute approximate surface area is 342 Å². The normalized spacial score (nSPS) is 14.3. The molecule has 1 N–H and O–H groups in total. The number of phosphoric acid groups is 1. The number of hydrogen-bond acceptors (Lipinski definition) is 7. The van der Waals surface area contributed by atoms with Crippen LogP contribution in [0.5, 0.6) is 0 Å². The van der Waals surface area contributed by atoms with Gasteiger partial charge in [0.2, 0.25) is 0 Å². The van der Waals surface area contributed by atoms with Gasteiger partial charge in [-0.15, -0.1) is 0 Å². The molecule has 0 aromatic heterocycles. The quantitative estimate of drug-likeness (QED) is 0.0216. The van der Waals surface area contributed by atoms with E-state index in [1.54, 1.807) is 0 Å². The summed E-state index contributed by atoms with van der Waals surface area (Å²) in [6.07, 6.45) is 46.7. The second-order valence-electron chi connectivity index (χ2n) is 15.4. The maximum Gasteiger partial charge on any atom is 0.472 e. The number of allylic oxidation sites excluding steroid dienone is 12. The van der Waals surface area contributed by atoms with E-state index < -0.39 is 32.5 Å². The fraction of sp³-hybridized carbons (Fsp3) is 0.696. The Bertz CT molecular complexity index is 1180. The number of hydrogen-bond donors (Lipinski definition) is 1. The molecular weight excluding hydrogens is 725 g/mol. The molecule has 0 fully saturated rings. The molecule has 10 heteroatoms. The SMILES string of the molecule is CCC/C=C/C/C=C/C/C=C/C/C=C/CCCCCC(=O)OC[C@H](COP(=O)(O)OCC[N+](C)(C)C)OC(=O)CCCC/C=C/C/C=C/CCCCCCCC. The molecule has 9 nitrogen and oxygen atoms in total. The van der Waals surface area contributed by atoms with Crippen molar-refractivity contribution >= 4 is 19.8 Å². The summed E-state index contributed by atoms with van der Waals surface area (Å²) in [5.74, 6) is -0.880. The zero-order chi connectivity index (χ0) is 41.4. The molecule has 0 spiro atoms. The predicted octanol–water partition coefficient (Wildman–Crippen LogP) is 12.2. The van der Waals surface area contributed by atoms with Gasteiger partial charge in [0.15, 0.2) is 6.10 Å². The Kier molecular flexibility index (Phi) is 36.3. The van der Waals surface area contributed by atoms with Gasteiger partial charge in [0.1, 0.15) is 19.8 Å². The smallest absolute Gasteiger partial charge is 0.462 e. The van der Waals surface area contributed by atoms with Crippen molar-refractivity contribution in [2.75, 3.05) is 47.5 Å². The standard InChI is InChI=1S/C46H80NO8P/c1-6-8-10-12-14-16-18-20-22-23-25-26-28-30-32-34-36-38-45(48)52-42-44(43-54-56(50,51)53-41-40-47(3,4)5)55-46(49)39-37-35-33-31-29-27-24-21-19-17-15-13-11-9-7-2/h10,12,16,18,21-24,26,28-29,31,44H,6-9,11,13-15,17,19-20,25,27,30,32-43H2,1-5H3/p+1/b12-10+,18-16+,23-22+,24-21+,28-26+,31-29+/t44-/m1/s1. The van der Waals surface area contributed by atoms with E-state index in [2.05, 4.69) is 86.8 Å². The zero-order valence-electron chi connectivity index (χ0n) is 36.1. The minimum atomic E-state index is -4.39. The number of likely N-dealkylation sites (N-methyl/N-ethyl adjacent to an activating group) is 1. The highest BCUT2D eigenvalue weighted by Gasteiger charge is 2.27. The maximum absolute atomic E-state index is 12.7. The summed E-state index contributed by atoms with van der Waals surface area (Å²) in [5, 5.41) is 0. The lowest BCUT2D eigenvalue weighted by Gasteiger charge is -2.24. The molecular formula is C46H81NO8P+. The lowest BCUT2D eigenvalue weighted by molar-refractivity contribution is -0.870. The van der Waals surface area contributed by atoms with Gasteiger partial charge in [-0.25, -0.2) is 4.57 Å². The average Bonchev–Trinajstić information content (AvgIpc) is 3.15. The van der Waals surface area contributed by atoms with Crippen LogP contribution in [0, 0.1) is 0 Å². The minimum Gasteiger partial charge on any atom is -0.462 e. The Morgan fingerprint density at radius 3 is 1.54 bits per heavy atom. The van der Waals surface area contributed by atoms with Crippen molar-refractivity contribution in [2.24, 2.45) is 0 Å². The van der Waals surface area contributed by atoms with E-state index >= 15 is 0 Å². The molecule has 56 heavy (non-hydrogen) atoms. The van der Waals surface area contributed by atoms with Crippen LogP contribution in [0.1, 0.15) is 155 Å². The highest BCUT2D eigenvalue weighted by atomic mass is 31.2. The molecule has 0 saturated carbocycles. The molecule has 1 unspecified atom stereocenters. The number of unbranched alkanes of at least 4 members (excludes halogenated alkanes) is 12. The molecule has 0 aliphatic heterocycles. The van der Waals surface area contributed by atoms with Crippen molar-refractivity contribution in [3.05, 3.63) is 72.9 Å². The van der Waals surface area contributed by atoms with Crippen molar-refractivity contribution in [3.63, 3.8) is 0 Å². The van der Waals surface area contributed by atoms with Crippen molar-refractivity contribution in [2.45, 2.75) is 161 Å². The summed E-state index contributed by atoms with van der Waals surface area (Å²) in [6, 6.07) is 0. The monoisotopic (exact) mass is 807 g/mol. The maximum atomic E-state index is 12.7. The first-order valence-electron chi connectivity index (χ1n) is 21.7. The molecule has 0 saturated heterocycles. The van der Waals surface area contributed by atoms with Crippen LogP contribution in [0.25, 0.3) is 0 Å². The topological polar surface area (TPSA) is 108 Å². The van der Waals surface area contributed by atoms with Gasteiger partial charge < -0.3 is 18.9 Å². The summed E-state index contributed by atoms with van der Waals surface area (Å²) in [5.41, 5.74) is 0. The molecule has 0 amide bonds. The Morgan fingerprint density at radius 2 is 1.00 bits per heavy atom. The zero-order valence-corrected chi connectivity index (χ0v) is 37.0. The van der Waals surface area contributed by atoms with E-state index in [4.69, 9.17) is 18.5 Å². The van der Waals surface area contributed by atoms with Crippen LogP contribution in [0.15, 0.2) is 72.9 Å². The van der Waals surface area contributed by atoms with Crippen LogP contribution in [0.3, 0.4) is 0 Å². The van der Waals surface area contributed by atoms with Crippen molar-refractivity contribution in [3.8, 4) is 0 Å². The molecule has 0 bridgehead atoms. The van der Waals surface area contributed by atoms with E-state index in [0.29, 0.717) is 23.9 Å². The van der Waals surface area contributed by atoms with Gasteiger partial charge >= 0.3 is 19.8 Å². The van der Waals surface area contributed by atoms with Gasteiger partial charge in [-0.2, -0.15) is 0 Å². The Hall–Kier alpha value is -2.55. The highest BCUT2D eigenvalue weighted by molar-refractivity contribution is 7.47. The number of rotatable bonds is 38. The van der Waals surface area contributed by atoms with Gasteiger partial charge in [0.05, 0.1) is 27.7 Å². The average molecular weight is 807 g/mol. The molecule has 0 rings (SSSR count). The summed E-state index contributed by atoms with van der Waals surface area (Å²) in [4.78, 5) is 35.3. The van der Waals surface area contributed by atoms with Crippen molar-refractivity contribution in [1.29, 1.82) is 0 Å². The third kappa shape index (κ3) is 41.1. The number of ether oxygens (including phenoxy) is 2. The summed E-state index contributed by atoms with van der Waals surface area (Å²) in [7, 11) is 1.43. The fourth-order valence-electron chi connectivity index (χ4n) is 5.27. The van der Waals surface area contributed by atoms with Crippen LogP contribution in [-0.2, 0) is 32.7 Å². The number of quaternary nitrogens is 1. The second kappa shape index (κ2) is 38.0. The largest absolute Gasteiger partial charge is 0.472 e. The third-order valence-corrected chi connectivity index (χ3v) is 9.67. The predicted molar refractivity (Wildman–Crippen MR) is 233 cm³/mol. The molecule has 322 valence electrons. The van der Waals surface area contributed by atoms with Crippen molar-refractivity contribution < 1.29 is 42.1 Å². The Morgan fingerprint density at radius 1 is 0.554 bits per heavy atom. The summed E-state index contributed by atoms with van der Waals surface area (Å²) >= 11 is 0. The van der Waals surface area contributed by atoms with Gasteiger partial charge in [-0.1, -0.05) is 132 Å². The minimum absolute atomic E-state index is 0.0168. The van der Waals surface area contributed by atoms with Gasteiger partial charge in [-0.3, -0.25) is 18.6 Å². The van der Waals surface area contributed by atoms with E-state index in [-0.39, 0.29) is 26.1 Å². The summed E-state index contributed by atoms with van der Waals surface area (Å²) < 4.78 is 34.2. The molecule has 0 aromatic carbocycles. The van der Waals surface area contributed by atoms with E-state index in [1.807, 2.05) is 21.1 Å². The van der Waals surface area contributed by atoms with E-state index in [0.717, 1.165) is 70.6 Å². The molecule has 0 heterocycles. The number of esters is 2. The van der Waals surface area contributed by atoms with Crippen LogP contribution in [-0.4, -0.2) is 74.9 Å². The highest BCUT2D eigenvalue weighted by Crippen LogP contribution is 2.43. The molecule has 0 aromatic rings. The molecule has 0 aliphatic carbocycles. The number of carbonyl (C=O) groups is 2. The van der Waals surface area contributed by atoms with Crippen LogP contribution >= 0.6 is 7.82 Å². The second-order valence-corrected chi connectivity index (χ2v) is 16.8. The van der Waals surface area contributed by atoms with Gasteiger partial charge in [0, 0.05) is 12.8 Å². The first-order chi connectivity index (χ1) is 27.0. The van der Waals surface area contributed by atoms with Crippen LogP contribution in [0.4, 0.5) is 0 Å². The number of nitrogens with zero attached hydrogens (tertiary/aromatic N) is 1. The molecule has 2 atom stereocenters. The van der Waals surface area contributed by atoms with Crippen LogP contribution < -0.4 is 0 Å². The number of phosphoric ester groups is 1. The Balaban J connectivity index is 4.50. The summed E-state index contributed by atoms with van der Waals surface area (Å²) in [6.45, 7) is 4.25. The van der Waals surface area contributed by atoms with E-state index in [1.165, 1.54) is 44.9 Å². The molecule has 0 radical (unpaired) electrons. The van der Waals surface area contributed by atoms with Gasteiger partial charge in [0.25, 0.3) is 0 Å². The first kappa shape index (κ1) is 53.5. The van der Waals surface area contributed by atoms with E-state index in [9.17, 15) is 19.0 Å². The lowest BCUT2D eigenvalue weighted by Crippen LogP contribution is -2.37. The molecule has 0 aliphatic rings. The number of carbonyl (C=O) groups excluding carboxylic acids is 2. The fourth-order valence-corrected chi connectivity index (χ4v) is 6.01. The lowest BCUT2D eigenvalue weighted by atomic mass is 10.1.